The Balaban J connectivity index is 1.33. The monoisotopic (exact) mass is 366 g/mol. The van der Waals surface area contributed by atoms with Crippen LogP contribution in [0.5, 0.6) is 0 Å². The van der Waals surface area contributed by atoms with Gasteiger partial charge in [-0.1, -0.05) is 23.8 Å². The summed E-state index contributed by atoms with van der Waals surface area (Å²) >= 11 is 1.70. The number of nitrogens with one attached hydrogen (secondary N) is 2. The van der Waals surface area contributed by atoms with Gasteiger partial charge in [-0.2, -0.15) is 5.10 Å². The summed E-state index contributed by atoms with van der Waals surface area (Å²) in [6.07, 6.45) is 1.86. The lowest BCUT2D eigenvalue weighted by Crippen LogP contribution is -2.44. The van der Waals surface area contributed by atoms with Crippen LogP contribution in [0.4, 0.5) is 5.82 Å². The lowest BCUT2D eigenvalue weighted by Gasteiger charge is -2.32. The van der Waals surface area contributed by atoms with Crippen molar-refractivity contribution >= 4 is 23.1 Å². The second-order valence-electron chi connectivity index (χ2n) is 6.72. The van der Waals surface area contributed by atoms with Crippen LogP contribution < -0.4 is 10.2 Å². The highest BCUT2D eigenvalue weighted by Gasteiger charge is 2.22. The van der Waals surface area contributed by atoms with E-state index in [4.69, 9.17) is 0 Å². The Labute approximate surface area is 157 Å². The first kappa shape index (κ1) is 16.8. The molecule has 134 valence electrons. The highest BCUT2D eigenvalue weighted by Crippen LogP contribution is 2.27. The molecule has 0 atom stereocenters. The number of H-pyrrole nitrogens is 1. The number of nitrogens with zero attached hydrogens (tertiary/aromatic N) is 2. The number of piperidine rings is 1. The van der Waals surface area contributed by atoms with Crippen molar-refractivity contribution in [2.75, 3.05) is 18.0 Å². The van der Waals surface area contributed by atoms with Crippen LogP contribution in [-0.4, -0.2) is 35.2 Å². The van der Waals surface area contributed by atoms with Gasteiger partial charge in [0.05, 0.1) is 10.6 Å². The fraction of sp³-hybridized carbons (Fsp3) is 0.300. The van der Waals surface area contributed by atoms with Crippen LogP contribution in [0.1, 0.15) is 28.8 Å². The second-order valence-corrected chi connectivity index (χ2v) is 7.67. The molecule has 0 saturated carbocycles. The highest BCUT2D eigenvalue weighted by atomic mass is 32.1. The Kier molecular flexibility index (Phi) is 4.75. The third-order valence-corrected chi connectivity index (χ3v) is 5.72. The molecule has 1 aliphatic rings. The summed E-state index contributed by atoms with van der Waals surface area (Å²) in [5.74, 6) is 1.000. The van der Waals surface area contributed by atoms with Crippen molar-refractivity contribution in [3.63, 3.8) is 0 Å². The van der Waals surface area contributed by atoms with Gasteiger partial charge in [-0.3, -0.25) is 9.89 Å². The average Bonchev–Trinajstić information content (AvgIpc) is 3.34. The Morgan fingerprint density at radius 3 is 2.69 bits per heavy atom. The van der Waals surface area contributed by atoms with Gasteiger partial charge in [0.15, 0.2) is 5.82 Å². The van der Waals surface area contributed by atoms with Crippen molar-refractivity contribution in [2.45, 2.75) is 25.8 Å². The summed E-state index contributed by atoms with van der Waals surface area (Å²) in [6, 6.07) is 14.2. The Morgan fingerprint density at radius 1 is 1.23 bits per heavy atom. The van der Waals surface area contributed by atoms with Gasteiger partial charge in [0.2, 0.25) is 0 Å². The number of rotatable bonds is 4. The maximum atomic E-state index is 12.4. The van der Waals surface area contributed by atoms with Crippen molar-refractivity contribution in [2.24, 2.45) is 0 Å². The number of aryl methyl sites for hydroxylation is 1. The maximum absolute atomic E-state index is 12.4. The van der Waals surface area contributed by atoms with E-state index in [2.05, 4.69) is 37.9 Å². The van der Waals surface area contributed by atoms with Crippen LogP contribution in [0.3, 0.4) is 0 Å². The minimum atomic E-state index is 0.0169. The van der Waals surface area contributed by atoms with Gasteiger partial charge < -0.3 is 10.2 Å². The summed E-state index contributed by atoms with van der Waals surface area (Å²) in [6.45, 7) is 3.82. The molecule has 3 heterocycles. The van der Waals surface area contributed by atoms with Gasteiger partial charge in [0, 0.05) is 30.8 Å². The number of hydrogen-bond donors (Lipinski definition) is 2. The van der Waals surface area contributed by atoms with E-state index in [0.717, 1.165) is 48.6 Å². The summed E-state index contributed by atoms with van der Waals surface area (Å²) in [4.78, 5) is 15.8. The van der Waals surface area contributed by atoms with Gasteiger partial charge in [-0.05, 0) is 43.3 Å². The molecule has 2 aromatic heterocycles. The molecule has 0 unspecified atom stereocenters. The topological polar surface area (TPSA) is 61.0 Å². The van der Waals surface area contributed by atoms with E-state index >= 15 is 0 Å². The average molecular weight is 366 g/mol. The molecule has 3 aromatic rings. The van der Waals surface area contributed by atoms with E-state index in [-0.39, 0.29) is 11.9 Å². The summed E-state index contributed by atoms with van der Waals surface area (Å²) < 4.78 is 0. The van der Waals surface area contributed by atoms with Crippen LogP contribution in [0, 0.1) is 6.92 Å². The van der Waals surface area contributed by atoms with E-state index < -0.39 is 0 Å². The normalized spacial score (nSPS) is 15.2. The fourth-order valence-corrected chi connectivity index (χ4v) is 3.95. The van der Waals surface area contributed by atoms with E-state index in [0.29, 0.717) is 0 Å². The minimum Gasteiger partial charge on any atom is -0.355 e. The van der Waals surface area contributed by atoms with Crippen LogP contribution in [0.2, 0.25) is 0 Å². The van der Waals surface area contributed by atoms with Crippen molar-refractivity contribution in [3.05, 3.63) is 59.0 Å². The third-order valence-electron chi connectivity index (χ3n) is 4.82. The number of benzene rings is 1. The van der Waals surface area contributed by atoms with Crippen LogP contribution in [-0.2, 0) is 0 Å². The molecule has 1 fully saturated rings. The summed E-state index contributed by atoms with van der Waals surface area (Å²) in [7, 11) is 0. The van der Waals surface area contributed by atoms with Crippen molar-refractivity contribution in [3.8, 4) is 10.6 Å². The summed E-state index contributed by atoms with van der Waals surface area (Å²) in [5.41, 5.74) is 2.95. The number of anilines is 1. The maximum Gasteiger partial charge on any atom is 0.251 e. The van der Waals surface area contributed by atoms with Crippen molar-refractivity contribution in [1.82, 2.24) is 15.5 Å². The van der Waals surface area contributed by atoms with Crippen molar-refractivity contribution in [1.29, 1.82) is 0 Å². The van der Waals surface area contributed by atoms with Gasteiger partial charge in [0.1, 0.15) is 0 Å². The first-order chi connectivity index (χ1) is 12.7. The molecule has 5 nitrogen and oxygen atoms in total. The molecular formula is C20H22N4OS. The molecule has 0 spiro atoms. The molecule has 26 heavy (non-hydrogen) atoms. The Bertz CT molecular complexity index is 862. The molecule has 0 aliphatic carbocycles. The number of hydrogen-bond acceptors (Lipinski definition) is 4. The highest BCUT2D eigenvalue weighted by molar-refractivity contribution is 7.13. The zero-order valence-electron chi connectivity index (χ0n) is 14.7. The Hall–Kier alpha value is -2.60. The van der Waals surface area contributed by atoms with Crippen molar-refractivity contribution < 1.29 is 4.79 Å². The number of aromatic nitrogens is 2. The van der Waals surface area contributed by atoms with E-state index in [1.54, 1.807) is 11.3 Å². The number of aromatic amines is 1. The largest absolute Gasteiger partial charge is 0.355 e. The number of thiophene rings is 1. The molecule has 2 N–H and O–H groups in total. The molecule has 0 bridgehead atoms. The first-order valence-electron chi connectivity index (χ1n) is 8.91. The van der Waals surface area contributed by atoms with Crippen LogP contribution >= 0.6 is 11.3 Å². The molecule has 1 amide bonds. The standard InChI is InChI=1S/C20H22N4OS/c1-14-4-6-15(7-5-14)20(25)21-16-8-10-24(11-9-16)19-13-17(22-23-19)18-3-2-12-26-18/h2-7,12-13,16H,8-11H2,1H3,(H,21,25)(H,22,23). The second kappa shape index (κ2) is 7.33. The first-order valence-corrected chi connectivity index (χ1v) is 9.79. The van der Waals surface area contributed by atoms with E-state index in [1.165, 1.54) is 4.88 Å². The quantitative estimate of drug-likeness (QED) is 0.737. The Morgan fingerprint density at radius 2 is 2.00 bits per heavy atom. The van der Waals surface area contributed by atoms with Crippen LogP contribution in [0.25, 0.3) is 10.6 Å². The van der Waals surface area contributed by atoms with E-state index in [1.807, 2.05) is 37.3 Å². The van der Waals surface area contributed by atoms with Gasteiger partial charge >= 0.3 is 0 Å². The third kappa shape index (κ3) is 3.65. The molecule has 1 saturated heterocycles. The lowest BCUT2D eigenvalue weighted by atomic mass is 10.0. The smallest absolute Gasteiger partial charge is 0.251 e. The molecule has 1 aromatic carbocycles. The number of carbonyl (C=O) groups is 1. The predicted octanol–water partition coefficient (Wildman–Crippen LogP) is 3.85. The fourth-order valence-electron chi connectivity index (χ4n) is 3.26. The lowest BCUT2D eigenvalue weighted by molar-refractivity contribution is 0.0931. The SMILES string of the molecule is Cc1ccc(C(=O)NC2CCN(c3cc(-c4cccs4)[nH]n3)CC2)cc1. The molecular weight excluding hydrogens is 344 g/mol. The molecule has 4 rings (SSSR count). The van der Waals surface area contributed by atoms with Crippen LogP contribution in [0.15, 0.2) is 47.8 Å². The molecule has 6 heteroatoms. The summed E-state index contributed by atoms with van der Waals surface area (Å²) in [5, 5.41) is 12.8. The van der Waals surface area contributed by atoms with Gasteiger partial charge in [-0.15, -0.1) is 11.3 Å². The zero-order chi connectivity index (χ0) is 17.9. The van der Waals surface area contributed by atoms with E-state index in [9.17, 15) is 4.79 Å². The minimum absolute atomic E-state index is 0.0169. The number of carbonyl (C=O) groups excluding carboxylic acids is 1. The predicted molar refractivity (Wildman–Crippen MR) is 106 cm³/mol. The van der Waals surface area contributed by atoms with Gasteiger partial charge in [0.25, 0.3) is 5.91 Å². The van der Waals surface area contributed by atoms with Gasteiger partial charge in [-0.25, -0.2) is 0 Å². The number of amides is 1. The zero-order valence-corrected chi connectivity index (χ0v) is 15.6. The molecule has 1 aliphatic heterocycles. The molecule has 0 radical (unpaired) electrons.